The van der Waals surface area contributed by atoms with E-state index in [4.69, 9.17) is 0 Å². The predicted molar refractivity (Wildman–Crippen MR) is 106 cm³/mol. The van der Waals surface area contributed by atoms with Crippen molar-refractivity contribution in [2.45, 2.75) is 32.9 Å². The van der Waals surface area contributed by atoms with E-state index in [0.717, 1.165) is 25.2 Å². The summed E-state index contributed by atoms with van der Waals surface area (Å²) in [5, 5.41) is 3.17. The highest BCUT2D eigenvalue weighted by Crippen LogP contribution is 2.19. The summed E-state index contributed by atoms with van der Waals surface area (Å²) in [6, 6.07) is 8.18. The van der Waals surface area contributed by atoms with Crippen molar-refractivity contribution in [1.82, 2.24) is 20.1 Å². The predicted octanol–water partition coefficient (Wildman–Crippen LogP) is 3.51. The summed E-state index contributed by atoms with van der Waals surface area (Å²) >= 11 is 1.75. The first-order chi connectivity index (χ1) is 12.6. The third-order valence-electron chi connectivity index (χ3n) is 4.82. The number of pyridine rings is 1. The molecule has 1 aliphatic heterocycles. The molecule has 0 bridgehead atoms. The lowest BCUT2D eigenvalue weighted by Crippen LogP contribution is -2.44. The Labute approximate surface area is 160 Å². The van der Waals surface area contributed by atoms with Crippen LogP contribution in [0.25, 0.3) is 0 Å². The first-order valence-electron chi connectivity index (χ1n) is 9.25. The van der Waals surface area contributed by atoms with Gasteiger partial charge in [0.15, 0.2) is 0 Å². The van der Waals surface area contributed by atoms with Crippen molar-refractivity contribution in [2.75, 3.05) is 26.7 Å². The average molecular weight is 373 g/mol. The number of hydrogen-bond donors (Lipinski definition) is 1. The molecule has 6 heteroatoms. The molecule has 0 aliphatic carbocycles. The lowest BCUT2D eigenvalue weighted by atomic mass is 9.99. The summed E-state index contributed by atoms with van der Waals surface area (Å²) in [6.07, 6.45) is 5.96. The third-order valence-corrected chi connectivity index (χ3v) is 5.80. The minimum Gasteiger partial charge on any atom is -0.338 e. The standard InChI is InChI=1S/C20H28N4OS/c1-16-5-6-19(26-16)15-24(14-17-7-9-21-10-8-17)20(25)22-12-18-4-3-11-23(2)13-18/h5-10,18H,3-4,11-15H2,1-2H3,(H,22,25)/t18-/m1/s1. The van der Waals surface area contributed by atoms with Crippen LogP contribution in [0.3, 0.4) is 0 Å². The van der Waals surface area contributed by atoms with Gasteiger partial charge in [-0.3, -0.25) is 4.98 Å². The van der Waals surface area contributed by atoms with Crippen molar-refractivity contribution in [3.63, 3.8) is 0 Å². The minimum absolute atomic E-state index is 0.0149. The molecule has 140 valence electrons. The van der Waals surface area contributed by atoms with Gasteiger partial charge in [-0.25, -0.2) is 4.79 Å². The number of likely N-dealkylation sites (tertiary alicyclic amines) is 1. The highest BCUT2D eigenvalue weighted by molar-refractivity contribution is 7.11. The molecular formula is C20H28N4OS. The van der Waals surface area contributed by atoms with Gasteiger partial charge in [0.1, 0.15) is 0 Å². The Morgan fingerprint density at radius 1 is 1.31 bits per heavy atom. The SMILES string of the molecule is Cc1ccc(CN(Cc2ccncc2)C(=O)NC[C@H]2CCCN(C)C2)s1. The molecule has 2 amide bonds. The van der Waals surface area contributed by atoms with Crippen molar-refractivity contribution < 1.29 is 4.79 Å². The number of thiophene rings is 1. The minimum atomic E-state index is 0.0149. The quantitative estimate of drug-likeness (QED) is 0.844. The maximum absolute atomic E-state index is 12.9. The molecule has 3 rings (SSSR count). The Morgan fingerprint density at radius 3 is 2.81 bits per heavy atom. The fourth-order valence-corrected chi connectivity index (χ4v) is 4.36. The molecule has 2 aromatic rings. The number of piperidine rings is 1. The fraction of sp³-hybridized carbons (Fsp3) is 0.500. The zero-order valence-corrected chi connectivity index (χ0v) is 16.5. The lowest BCUT2D eigenvalue weighted by Gasteiger charge is -2.30. The Kier molecular flexibility index (Phi) is 6.63. The molecule has 26 heavy (non-hydrogen) atoms. The second-order valence-corrected chi connectivity index (χ2v) is 8.55. The first-order valence-corrected chi connectivity index (χ1v) is 10.1. The number of rotatable bonds is 6. The number of amides is 2. The summed E-state index contributed by atoms with van der Waals surface area (Å²) < 4.78 is 0. The number of aromatic nitrogens is 1. The van der Waals surface area contributed by atoms with Crippen molar-refractivity contribution >= 4 is 17.4 Å². The number of urea groups is 1. The van der Waals surface area contributed by atoms with Crippen LogP contribution in [0.15, 0.2) is 36.7 Å². The average Bonchev–Trinajstić information content (AvgIpc) is 3.05. The molecule has 2 aromatic heterocycles. The number of carbonyl (C=O) groups is 1. The number of hydrogen-bond acceptors (Lipinski definition) is 4. The van der Waals surface area contributed by atoms with E-state index in [1.54, 1.807) is 23.7 Å². The first kappa shape index (κ1) is 18.9. The van der Waals surface area contributed by atoms with Crippen LogP contribution in [-0.4, -0.2) is 47.5 Å². The third kappa shape index (κ3) is 5.54. The van der Waals surface area contributed by atoms with E-state index in [1.807, 2.05) is 17.0 Å². The number of aryl methyl sites for hydroxylation is 1. The maximum Gasteiger partial charge on any atom is 0.318 e. The summed E-state index contributed by atoms with van der Waals surface area (Å²) in [7, 11) is 2.16. The molecule has 0 saturated carbocycles. The molecule has 0 unspecified atom stereocenters. The Balaban J connectivity index is 1.62. The summed E-state index contributed by atoms with van der Waals surface area (Å²) in [4.78, 5) is 23.7. The Hall–Kier alpha value is -1.92. The highest BCUT2D eigenvalue weighted by atomic mass is 32.1. The van der Waals surface area contributed by atoms with Crippen LogP contribution in [0.5, 0.6) is 0 Å². The van der Waals surface area contributed by atoms with Crippen molar-refractivity contribution in [3.8, 4) is 0 Å². The molecule has 5 nitrogen and oxygen atoms in total. The Morgan fingerprint density at radius 2 is 2.12 bits per heavy atom. The smallest absolute Gasteiger partial charge is 0.318 e. The van der Waals surface area contributed by atoms with Crippen LogP contribution in [0.2, 0.25) is 0 Å². The summed E-state index contributed by atoms with van der Waals surface area (Å²) in [6.45, 7) is 6.30. The van der Waals surface area contributed by atoms with E-state index >= 15 is 0 Å². The highest BCUT2D eigenvalue weighted by Gasteiger charge is 2.20. The van der Waals surface area contributed by atoms with Gasteiger partial charge in [0, 0.05) is 41.8 Å². The molecular weight excluding hydrogens is 344 g/mol. The molecule has 0 radical (unpaired) electrons. The van der Waals surface area contributed by atoms with Gasteiger partial charge in [-0.15, -0.1) is 11.3 Å². The van der Waals surface area contributed by atoms with Crippen molar-refractivity contribution in [2.24, 2.45) is 5.92 Å². The van der Waals surface area contributed by atoms with Gasteiger partial charge >= 0.3 is 6.03 Å². The van der Waals surface area contributed by atoms with Gasteiger partial charge in [-0.2, -0.15) is 0 Å². The van der Waals surface area contributed by atoms with Gasteiger partial charge in [0.05, 0.1) is 6.54 Å². The topological polar surface area (TPSA) is 48.5 Å². The van der Waals surface area contributed by atoms with Gasteiger partial charge < -0.3 is 15.1 Å². The van der Waals surface area contributed by atoms with E-state index in [-0.39, 0.29) is 6.03 Å². The molecule has 1 fully saturated rings. The number of nitrogens with zero attached hydrogens (tertiary/aromatic N) is 3. The van der Waals surface area contributed by atoms with E-state index in [2.05, 4.69) is 41.3 Å². The van der Waals surface area contributed by atoms with Gasteiger partial charge in [0.25, 0.3) is 0 Å². The molecule has 3 heterocycles. The number of nitrogens with one attached hydrogen (secondary N) is 1. The molecule has 1 atom stereocenters. The monoisotopic (exact) mass is 372 g/mol. The molecule has 1 aliphatic rings. The second-order valence-electron chi connectivity index (χ2n) is 7.18. The summed E-state index contributed by atoms with van der Waals surface area (Å²) in [5.74, 6) is 0.546. The second kappa shape index (κ2) is 9.14. The van der Waals surface area contributed by atoms with E-state index in [1.165, 1.54) is 22.6 Å². The van der Waals surface area contributed by atoms with Crippen LogP contribution in [0.1, 0.15) is 28.2 Å². The van der Waals surface area contributed by atoms with E-state index < -0.39 is 0 Å². The van der Waals surface area contributed by atoms with Crippen molar-refractivity contribution in [1.29, 1.82) is 0 Å². The Bertz CT molecular complexity index is 703. The van der Waals surface area contributed by atoms with Crippen molar-refractivity contribution in [3.05, 3.63) is 52.0 Å². The van der Waals surface area contributed by atoms with E-state index in [0.29, 0.717) is 19.0 Å². The number of carbonyl (C=O) groups excluding carboxylic acids is 1. The van der Waals surface area contributed by atoms with Gasteiger partial charge in [-0.1, -0.05) is 0 Å². The van der Waals surface area contributed by atoms with E-state index in [9.17, 15) is 4.79 Å². The summed E-state index contributed by atoms with van der Waals surface area (Å²) in [5.41, 5.74) is 1.10. The van der Waals surface area contributed by atoms with Gasteiger partial charge in [0.2, 0.25) is 0 Å². The van der Waals surface area contributed by atoms with Crippen LogP contribution >= 0.6 is 11.3 Å². The molecule has 1 saturated heterocycles. The van der Waals surface area contributed by atoms with Gasteiger partial charge in [-0.05, 0) is 69.1 Å². The normalized spacial score (nSPS) is 17.8. The lowest BCUT2D eigenvalue weighted by molar-refractivity contribution is 0.179. The van der Waals surface area contributed by atoms with Crippen LogP contribution in [0.4, 0.5) is 4.79 Å². The van der Waals surface area contributed by atoms with Crippen LogP contribution in [-0.2, 0) is 13.1 Å². The van der Waals surface area contributed by atoms with Crippen LogP contribution in [0, 0.1) is 12.8 Å². The molecule has 0 spiro atoms. The fourth-order valence-electron chi connectivity index (χ4n) is 3.45. The zero-order chi connectivity index (χ0) is 18.4. The zero-order valence-electron chi connectivity index (χ0n) is 15.6. The molecule has 0 aromatic carbocycles. The van der Waals surface area contributed by atoms with Crippen LogP contribution < -0.4 is 5.32 Å². The largest absolute Gasteiger partial charge is 0.338 e. The maximum atomic E-state index is 12.9. The molecule has 1 N–H and O–H groups in total.